The first-order valence-corrected chi connectivity index (χ1v) is 16.8. The number of rotatable bonds is 11. The Morgan fingerprint density at radius 2 is 1.84 bits per heavy atom. The molecular formula is C35H53BFN5O9. The maximum Gasteiger partial charge on any atom is 0.406 e. The molecule has 0 saturated carbocycles. The molecule has 2 aliphatic rings. The normalized spacial score (nSPS) is 28.3. The van der Waals surface area contributed by atoms with Crippen LogP contribution in [0.5, 0.6) is 0 Å². The van der Waals surface area contributed by atoms with Crippen LogP contribution in [0.25, 0.3) is 0 Å². The van der Waals surface area contributed by atoms with Crippen molar-refractivity contribution < 1.29 is 47.4 Å². The van der Waals surface area contributed by atoms with Gasteiger partial charge in [-0.15, -0.1) is 0 Å². The van der Waals surface area contributed by atoms with Gasteiger partial charge in [0.15, 0.2) is 6.10 Å². The number of hydrogen-bond donors (Lipinski definition) is 4. The molecule has 2 rings (SSSR count). The number of carbonyl (C=O) groups excluding carboxylic acids is 5. The number of nitrogens with one attached hydrogen (secondary N) is 4. The number of amides is 2. The van der Waals surface area contributed by atoms with Gasteiger partial charge in [-0.3, -0.25) is 19.2 Å². The summed E-state index contributed by atoms with van der Waals surface area (Å²) in [7, 11) is 5.21. The SMILES string of the molecule is [2H]B(CNC(=O)O[C@H]1[C@H](C)/C=C(\C)[C@@H](OC(C)=O)[C@H](OC)/C=C\C=C(/C)C(=O)NC2=CC(=O)C(NCCN(C)C)=C(C[C@H](C)C[C@H]1OC)C2=O)NF. The van der Waals surface area contributed by atoms with E-state index in [1.165, 1.54) is 32.7 Å². The number of hydrogen-bond acceptors (Lipinski definition) is 12. The number of halogens is 1. The summed E-state index contributed by atoms with van der Waals surface area (Å²) in [5.41, 5.74) is 2.18. The van der Waals surface area contributed by atoms with Gasteiger partial charge in [0.2, 0.25) is 11.6 Å². The summed E-state index contributed by atoms with van der Waals surface area (Å²) in [5, 5.41) is 8.06. The molecule has 6 atom stereocenters. The van der Waals surface area contributed by atoms with Crippen molar-refractivity contribution in [2.24, 2.45) is 11.8 Å². The van der Waals surface area contributed by atoms with Gasteiger partial charge in [0.05, 0.1) is 17.5 Å². The number of fused-ring (bicyclic) bond motifs is 2. The minimum absolute atomic E-state index is 0.106. The number of ketones is 2. The van der Waals surface area contributed by atoms with E-state index in [9.17, 15) is 28.5 Å². The van der Waals surface area contributed by atoms with Crippen molar-refractivity contribution in [3.63, 3.8) is 0 Å². The lowest BCUT2D eigenvalue weighted by molar-refractivity contribution is -0.149. The number of carbonyl (C=O) groups is 5. The Morgan fingerprint density at radius 3 is 2.45 bits per heavy atom. The van der Waals surface area contributed by atoms with Crippen LogP contribution in [0, 0.1) is 11.8 Å². The molecule has 0 spiro atoms. The molecule has 2 bridgehead atoms. The highest BCUT2D eigenvalue weighted by atomic mass is 19.2. The molecule has 282 valence electrons. The first-order valence-electron chi connectivity index (χ1n) is 17.3. The summed E-state index contributed by atoms with van der Waals surface area (Å²) in [6.07, 6.45) is 3.07. The van der Waals surface area contributed by atoms with E-state index in [-0.39, 0.29) is 47.7 Å². The van der Waals surface area contributed by atoms with Gasteiger partial charge in [-0.2, -0.15) is 4.48 Å². The van der Waals surface area contributed by atoms with E-state index in [4.69, 9.17) is 20.3 Å². The number of esters is 1. The van der Waals surface area contributed by atoms with Crippen molar-refractivity contribution in [2.75, 3.05) is 47.8 Å². The summed E-state index contributed by atoms with van der Waals surface area (Å²) < 4.78 is 43.3. The number of allylic oxidation sites excluding steroid dienone is 4. The first-order chi connectivity index (χ1) is 24.5. The van der Waals surface area contributed by atoms with E-state index in [2.05, 4.69) is 16.0 Å². The van der Waals surface area contributed by atoms with E-state index < -0.39 is 67.2 Å². The van der Waals surface area contributed by atoms with Gasteiger partial charge in [-0.1, -0.05) is 38.2 Å². The zero-order valence-corrected chi connectivity index (χ0v) is 31.0. The van der Waals surface area contributed by atoms with Crippen LogP contribution in [-0.2, 0) is 38.1 Å². The smallest absolute Gasteiger partial charge is 0.406 e. The maximum atomic E-state index is 13.9. The largest absolute Gasteiger partial charge is 0.455 e. The van der Waals surface area contributed by atoms with E-state index in [0.717, 1.165) is 6.08 Å². The molecule has 0 saturated heterocycles. The number of Topliss-reactive ketones (excluding diaryl/α,β-unsaturated/α-hetero) is 1. The summed E-state index contributed by atoms with van der Waals surface area (Å²) in [6.45, 7) is 9.13. The highest BCUT2D eigenvalue weighted by Gasteiger charge is 2.35. The van der Waals surface area contributed by atoms with Gasteiger partial charge in [-0.25, -0.2) is 10.2 Å². The van der Waals surface area contributed by atoms with Crippen molar-refractivity contribution in [3.05, 3.63) is 58.5 Å². The third kappa shape index (κ3) is 13.5. The van der Waals surface area contributed by atoms with Crippen LogP contribution in [0.2, 0.25) is 0 Å². The number of ether oxygens (including phenoxy) is 4. The zero-order chi connectivity index (χ0) is 39.1. The quantitative estimate of drug-likeness (QED) is 0.0805. The second-order valence-corrected chi connectivity index (χ2v) is 12.9. The van der Waals surface area contributed by atoms with Crippen LogP contribution in [0.1, 0.15) is 47.5 Å². The number of alkyl carbamates (subject to hydrolysis) is 1. The van der Waals surface area contributed by atoms with Crippen LogP contribution in [0.4, 0.5) is 9.28 Å². The third-order valence-corrected chi connectivity index (χ3v) is 8.34. The average molecular weight is 719 g/mol. The fraction of sp³-hybridized carbons (Fsp3) is 0.571. The topological polar surface area (TPSA) is 174 Å². The molecule has 0 aromatic carbocycles. The number of likely N-dealkylation sites (N-methyl/N-ethyl adjacent to an activating group) is 1. The van der Waals surface area contributed by atoms with E-state index in [1.54, 1.807) is 39.0 Å². The molecule has 16 heteroatoms. The average Bonchev–Trinajstić information content (AvgIpc) is 3.08. The molecule has 51 heavy (non-hydrogen) atoms. The van der Waals surface area contributed by atoms with Gasteiger partial charge < -0.3 is 39.8 Å². The molecule has 14 nitrogen and oxygen atoms in total. The minimum atomic E-state index is -1.42. The van der Waals surface area contributed by atoms with Gasteiger partial charge in [-0.05, 0) is 52.3 Å². The molecular weight excluding hydrogens is 664 g/mol. The van der Waals surface area contributed by atoms with Gasteiger partial charge in [0.25, 0.3) is 13.3 Å². The number of nitrogens with zero attached hydrogens (tertiary/aromatic N) is 1. The van der Waals surface area contributed by atoms with Gasteiger partial charge in [0, 0.05) is 65.2 Å². The Bertz CT molecular complexity index is 1470. The molecule has 0 fully saturated rings. The molecule has 0 aromatic heterocycles. The highest BCUT2D eigenvalue weighted by Crippen LogP contribution is 2.30. The van der Waals surface area contributed by atoms with Crippen LogP contribution in [-0.4, -0.2) is 115 Å². The summed E-state index contributed by atoms with van der Waals surface area (Å²) in [4.78, 5) is 67.6. The van der Waals surface area contributed by atoms with Crippen molar-refractivity contribution >= 4 is 36.9 Å². The van der Waals surface area contributed by atoms with Crippen LogP contribution >= 0.6 is 0 Å². The Balaban J connectivity index is 2.72. The molecule has 0 aromatic rings. The number of methoxy groups -OCH3 is 2. The van der Waals surface area contributed by atoms with Crippen LogP contribution in [0.3, 0.4) is 0 Å². The van der Waals surface area contributed by atoms with E-state index in [1.807, 2.05) is 25.9 Å². The maximum absolute atomic E-state index is 13.9. The van der Waals surface area contributed by atoms with E-state index in [0.29, 0.717) is 18.7 Å². The molecule has 4 N–H and O–H groups in total. The zero-order valence-electron chi connectivity index (χ0n) is 32.0. The second-order valence-electron chi connectivity index (χ2n) is 12.9. The molecule has 0 radical (unpaired) electrons. The summed E-state index contributed by atoms with van der Waals surface area (Å²) in [5.74, 6) is -3.06. The fourth-order valence-electron chi connectivity index (χ4n) is 5.74. The Kier molecular flexibility index (Phi) is 17.2. The molecule has 0 unspecified atom stereocenters. The first kappa shape index (κ1) is 41.3. The Labute approximate surface area is 301 Å². The lowest BCUT2D eigenvalue weighted by Crippen LogP contribution is -2.43. The molecule has 2 amide bonds. The lowest BCUT2D eigenvalue weighted by atomic mass is 9.85. The van der Waals surface area contributed by atoms with Crippen LogP contribution in [0.15, 0.2) is 58.5 Å². The standard InChI is InChI=1S/C35H53BFN5O9/c1-20-15-25-30(38-13-14-42(6)7)27(44)18-26(31(25)45)40-34(46)21(2)11-10-12-28(48-8)32(50-24(5)43)22(3)17-23(4)33(29(16-20)49-9)51-35(47)39-19-36-41-37/h10-12,17-18,20,23,28-29,32-33,36,38,41H,13-16,19H2,1-9H3,(H,39,47)(H,40,46)/b12-10-,21-11+,22-17+/t20-,23+,28+,29+,32+,33-/m0/s1/i36D. The lowest BCUT2D eigenvalue weighted by Gasteiger charge is -2.32. The molecule has 1 aliphatic carbocycles. The Morgan fingerprint density at radius 1 is 1.14 bits per heavy atom. The van der Waals surface area contributed by atoms with E-state index >= 15 is 0 Å². The predicted molar refractivity (Wildman–Crippen MR) is 191 cm³/mol. The second kappa shape index (κ2) is 21.3. The summed E-state index contributed by atoms with van der Waals surface area (Å²) >= 11 is 0. The van der Waals surface area contributed by atoms with Crippen LogP contribution < -0.4 is 21.4 Å². The van der Waals surface area contributed by atoms with Gasteiger partial charge in [0.1, 0.15) is 12.2 Å². The molecule has 1 heterocycles. The van der Waals surface area contributed by atoms with Crippen molar-refractivity contribution in [1.82, 2.24) is 26.3 Å². The monoisotopic (exact) mass is 718 g/mol. The fourth-order valence-corrected chi connectivity index (χ4v) is 5.74. The van der Waals surface area contributed by atoms with Crippen molar-refractivity contribution in [2.45, 2.75) is 71.9 Å². The van der Waals surface area contributed by atoms with Crippen molar-refractivity contribution in [3.8, 4) is 0 Å². The van der Waals surface area contributed by atoms with Gasteiger partial charge >= 0.3 is 12.1 Å². The minimum Gasteiger partial charge on any atom is -0.455 e. The summed E-state index contributed by atoms with van der Waals surface area (Å²) in [6, 6.07) is 0. The van der Waals surface area contributed by atoms with Crippen molar-refractivity contribution in [1.29, 1.82) is 1.34 Å². The Hall–Kier alpha value is -4.12. The molecule has 1 aliphatic heterocycles. The highest BCUT2D eigenvalue weighted by molar-refractivity contribution is 6.32. The predicted octanol–water partition coefficient (Wildman–Crippen LogP) is 1.90. The third-order valence-electron chi connectivity index (χ3n) is 8.34.